The maximum absolute atomic E-state index is 13.0. The van der Waals surface area contributed by atoms with E-state index >= 15 is 0 Å². The van der Waals surface area contributed by atoms with Crippen molar-refractivity contribution in [3.63, 3.8) is 0 Å². The lowest BCUT2D eigenvalue weighted by Gasteiger charge is -2.40. The van der Waals surface area contributed by atoms with E-state index in [2.05, 4.69) is 0 Å². The minimum absolute atomic E-state index is 0.852. The van der Waals surface area contributed by atoms with Crippen LogP contribution in [0.1, 0.15) is 20.3 Å². The Labute approximate surface area is 105 Å². The molecular weight excluding hydrogens is 317 g/mol. The summed E-state index contributed by atoms with van der Waals surface area (Å²) < 4.78 is 137. The zero-order valence-corrected chi connectivity index (χ0v) is 9.94. The Morgan fingerprint density at radius 3 is 1.15 bits per heavy atom. The molecule has 0 bridgehead atoms. The molecule has 0 saturated heterocycles. The first-order valence-corrected chi connectivity index (χ1v) is 5.00. The van der Waals surface area contributed by atoms with Crippen molar-refractivity contribution in [2.24, 2.45) is 5.92 Å². The molecule has 0 nitrogen and oxygen atoms in total. The highest BCUT2D eigenvalue weighted by molar-refractivity contribution is 5.11. The van der Waals surface area contributed by atoms with Gasteiger partial charge in [-0.1, -0.05) is 13.8 Å². The maximum Gasteiger partial charge on any atom is 0.438 e. The van der Waals surface area contributed by atoms with E-state index in [1.54, 1.807) is 0 Å². The third-order valence-electron chi connectivity index (χ3n) is 2.34. The number of rotatable bonds is 4. The molecule has 0 aliphatic heterocycles. The van der Waals surface area contributed by atoms with E-state index in [1.165, 1.54) is 0 Å². The van der Waals surface area contributed by atoms with E-state index < -0.39 is 42.2 Å². The van der Waals surface area contributed by atoms with Crippen LogP contribution in [0.2, 0.25) is 0 Å². The highest BCUT2D eigenvalue weighted by Crippen LogP contribution is 2.60. The molecule has 0 rings (SSSR count). The predicted octanol–water partition coefficient (Wildman–Crippen LogP) is 5.14. The second-order valence-electron chi connectivity index (χ2n) is 4.53. The van der Waals surface area contributed by atoms with Gasteiger partial charge >= 0.3 is 29.9 Å². The van der Waals surface area contributed by atoms with E-state index in [0.29, 0.717) is 0 Å². The zero-order chi connectivity index (χ0) is 16.8. The fourth-order valence-electron chi connectivity index (χ4n) is 1.41. The van der Waals surface area contributed by atoms with Crippen LogP contribution >= 0.6 is 0 Å². The average molecular weight is 326 g/mol. The first kappa shape index (κ1) is 19.2. The van der Waals surface area contributed by atoms with Crippen molar-refractivity contribution in [1.82, 2.24) is 0 Å². The Bertz CT molecular complexity index is 321. The second-order valence-corrected chi connectivity index (χ2v) is 4.53. The molecule has 11 heteroatoms. The van der Waals surface area contributed by atoms with Crippen LogP contribution in [-0.2, 0) is 0 Å². The maximum atomic E-state index is 13.0. The SMILES string of the molecule is CC(C)CC(F)(F)C(F)(F)C(F)(C(F)(F)F)C(F)(F)F. The third-order valence-corrected chi connectivity index (χ3v) is 2.34. The van der Waals surface area contributed by atoms with Crippen molar-refractivity contribution >= 4 is 0 Å². The smallest absolute Gasteiger partial charge is 0.216 e. The topological polar surface area (TPSA) is 0 Å². The standard InChI is InChI=1S/C9H9F11/c1-4(2)3-5(10,11)7(13,14)6(12,8(15,16)17)9(18,19)20/h4H,3H2,1-2H3. The van der Waals surface area contributed by atoms with E-state index in [0.717, 1.165) is 13.8 Å². The van der Waals surface area contributed by atoms with Crippen LogP contribution in [0.3, 0.4) is 0 Å². The van der Waals surface area contributed by atoms with Gasteiger partial charge in [0.05, 0.1) is 0 Å². The largest absolute Gasteiger partial charge is 0.438 e. The summed E-state index contributed by atoms with van der Waals surface area (Å²) in [7, 11) is 0. The van der Waals surface area contributed by atoms with Crippen molar-refractivity contribution in [1.29, 1.82) is 0 Å². The van der Waals surface area contributed by atoms with Crippen molar-refractivity contribution in [3.8, 4) is 0 Å². The summed E-state index contributed by atoms with van der Waals surface area (Å²) in [6.07, 6.45) is -16.6. The third kappa shape index (κ3) is 2.80. The molecule has 0 aliphatic rings. The monoisotopic (exact) mass is 326 g/mol. The quantitative estimate of drug-likeness (QED) is 0.628. The number of halogens is 11. The van der Waals surface area contributed by atoms with Crippen LogP contribution in [0.4, 0.5) is 48.3 Å². The molecule has 0 fully saturated rings. The first-order chi connectivity index (χ1) is 8.42. The molecule has 0 saturated carbocycles. The summed E-state index contributed by atoms with van der Waals surface area (Å²) in [6, 6.07) is 0. The molecule has 0 amide bonds. The summed E-state index contributed by atoms with van der Waals surface area (Å²) in [4.78, 5) is 0. The van der Waals surface area contributed by atoms with Crippen molar-refractivity contribution in [2.75, 3.05) is 0 Å². The average Bonchev–Trinajstić information content (AvgIpc) is 2.09. The summed E-state index contributed by atoms with van der Waals surface area (Å²) >= 11 is 0. The van der Waals surface area contributed by atoms with Crippen LogP contribution in [-0.4, -0.2) is 29.9 Å². The molecule has 0 aliphatic carbocycles. The zero-order valence-electron chi connectivity index (χ0n) is 9.94. The predicted molar refractivity (Wildman–Crippen MR) is 45.3 cm³/mol. The Balaban J connectivity index is 6.08. The normalized spacial score (nSPS) is 15.9. The lowest BCUT2D eigenvalue weighted by Crippen LogP contribution is -2.70. The molecule has 0 aromatic rings. The molecule has 122 valence electrons. The van der Waals surface area contributed by atoms with Crippen molar-refractivity contribution in [2.45, 2.75) is 50.1 Å². The fraction of sp³-hybridized carbons (Fsp3) is 1.00. The summed E-state index contributed by atoms with van der Waals surface area (Å²) in [5, 5.41) is 0. The van der Waals surface area contributed by atoms with Gasteiger partial charge in [0, 0.05) is 6.42 Å². The Hall–Kier alpha value is -0.770. The highest BCUT2D eigenvalue weighted by atomic mass is 19.4. The van der Waals surface area contributed by atoms with Crippen molar-refractivity contribution in [3.05, 3.63) is 0 Å². The van der Waals surface area contributed by atoms with Gasteiger partial charge in [-0.2, -0.15) is 43.9 Å². The van der Waals surface area contributed by atoms with E-state index in [9.17, 15) is 48.3 Å². The minimum Gasteiger partial charge on any atom is -0.216 e. The van der Waals surface area contributed by atoms with Crippen LogP contribution in [0, 0.1) is 5.92 Å². The summed E-state index contributed by atoms with van der Waals surface area (Å²) in [5.41, 5.74) is -7.34. The Morgan fingerprint density at radius 2 is 0.950 bits per heavy atom. The molecule has 0 N–H and O–H groups in total. The van der Waals surface area contributed by atoms with Gasteiger partial charge in [-0.25, -0.2) is 4.39 Å². The Morgan fingerprint density at radius 1 is 0.650 bits per heavy atom. The van der Waals surface area contributed by atoms with Gasteiger partial charge in [-0.15, -0.1) is 0 Å². The second kappa shape index (κ2) is 4.90. The number of alkyl halides is 11. The first-order valence-electron chi connectivity index (χ1n) is 5.00. The Kier molecular flexibility index (Phi) is 4.71. The lowest BCUT2D eigenvalue weighted by molar-refractivity contribution is -0.427. The van der Waals surface area contributed by atoms with Gasteiger partial charge in [0.2, 0.25) is 0 Å². The van der Waals surface area contributed by atoms with E-state index in [1.807, 2.05) is 0 Å². The van der Waals surface area contributed by atoms with Crippen LogP contribution in [0.5, 0.6) is 0 Å². The molecule has 0 aromatic carbocycles. The van der Waals surface area contributed by atoms with E-state index in [4.69, 9.17) is 0 Å². The van der Waals surface area contributed by atoms with Gasteiger partial charge in [-0.3, -0.25) is 0 Å². The number of hydrogen-bond acceptors (Lipinski definition) is 0. The number of hydrogen-bond donors (Lipinski definition) is 0. The van der Waals surface area contributed by atoms with Gasteiger partial charge in [0.1, 0.15) is 0 Å². The lowest BCUT2D eigenvalue weighted by atomic mass is 9.87. The van der Waals surface area contributed by atoms with Crippen LogP contribution in [0.25, 0.3) is 0 Å². The molecule has 0 aromatic heterocycles. The van der Waals surface area contributed by atoms with Gasteiger partial charge in [-0.05, 0) is 5.92 Å². The van der Waals surface area contributed by atoms with E-state index in [-0.39, 0.29) is 0 Å². The fourth-order valence-corrected chi connectivity index (χ4v) is 1.41. The van der Waals surface area contributed by atoms with Crippen molar-refractivity contribution < 1.29 is 48.3 Å². The van der Waals surface area contributed by atoms with Crippen LogP contribution in [0.15, 0.2) is 0 Å². The van der Waals surface area contributed by atoms with Crippen LogP contribution < -0.4 is 0 Å². The van der Waals surface area contributed by atoms with Gasteiger partial charge < -0.3 is 0 Å². The minimum atomic E-state index is -7.34. The molecule has 0 radical (unpaired) electrons. The summed E-state index contributed by atoms with van der Waals surface area (Å²) in [6.45, 7) is 1.70. The highest BCUT2D eigenvalue weighted by Gasteiger charge is 2.89. The van der Waals surface area contributed by atoms with Gasteiger partial charge in [0.15, 0.2) is 0 Å². The molecule has 0 atom stereocenters. The summed E-state index contributed by atoms with van der Waals surface area (Å²) in [5.74, 6) is -14.2. The molecule has 0 heterocycles. The molecule has 0 spiro atoms. The molecule has 0 unspecified atom stereocenters. The van der Waals surface area contributed by atoms with Gasteiger partial charge in [0.25, 0.3) is 0 Å². The molecular formula is C9H9F11. The molecule has 20 heavy (non-hydrogen) atoms.